The first-order chi connectivity index (χ1) is 8.12. The van der Waals surface area contributed by atoms with Crippen LogP contribution in [0.25, 0.3) is 0 Å². The van der Waals surface area contributed by atoms with Gasteiger partial charge in [-0.05, 0) is 18.6 Å². The summed E-state index contributed by atoms with van der Waals surface area (Å²) in [6, 6.07) is 3.72. The Bertz CT molecular complexity index is 361. The van der Waals surface area contributed by atoms with E-state index in [1.165, 1.54) is 0 Å². The van der Waals surface area contributed by atoms with Gasteiger partial charge in [-0.2, -0.15) is 0 Å². The van der Waals surface area contributed by atoms with E-state index in [2.05, 4.69) is 0 Å². The summed E-state index contributed by atoms with van der Waals surface area (Å²) in [5.41, 5.74) is 1.94. The standard InChI is InChI=1S/C13H20O4/c1-9(14)5-12-10(8-15-2)6-11(16-3)7-13(12)17-4/h6-7,9,14H,5,8H2,1-4H3. The molecule has 0 saturated carbocycles. The van der Waals surface area contributed by atoms with Gasteiger partial charge in [0.15, 0.2) is 0 Å². The molecule has 1 N–H and O–H groups in total. The van der Waals surface area contributed by atoms with Crippen LogP contribution in [-0.2, 0) is 17.8 Å². The third kappa shape index (κ3) is 3.61. The quantitative estimate of drug-likeness (QED) is 0.823. The van der Waals surface area contributed by atoms with Crippen molar-refractivity contribution in [1.29, 1.82) is 0 Å². The number of ether oxygens (including phenoxy) is 3. The Balaban J connectivity index is 3.19. The van der Waals surface area contributed by atoms with Gasteiger partial charge in [-0.1, -0.05) is 0 Å². The van der Waals surface area contributed by atoms with Crippen LogP contribution in [0.15, 0.2) is 12.1 Å². The van der Waals surface area contributed by atoms with Gasteiger partial charge in [-0.25, -0.2) is 0 Å². The fraction of sp³-hybridized carbons (Fsp3) is 0.538. The highest BCUT2D eigenvalue weighted by Gasteiger charge is 2.14. The van der Waals surface area contributed by atoms with Gasteiger partial charge in [0, 0.05) is 25.2 Å². The average molecular weight is 240 g/mol. The summed E-state index contributed by atoms with van der Waals surface area (Å²) in [5.74, 6) is 1.44. The Morgan fingerprint density at radius 2 is 1.88 bits per heavy atom. The number of aliphatic hydroxyl groups excluding tert-OH is 1. The summed E-state index contributed by atoms with van der Waals surface area (Å²) in [6.07, 6.45) is 0.110. The number of rotatable bonds is 6. The van der Waals surface area contributed by atoms with Crippen molar-refractivity contribution in [2.45, 2.75) is 26.1 Å². The van der Waals surface area contributed by atoms with E-state index in [-0.39, 0.29) is 0 Å². The predicted molar refractivity (Wildman–Crippen MR) is 65.6 cm³/mol. The molecule has 0 aliphatic carbocycles. The van der Waals surface area contributed by atoms with E-state index >= 15 is 0 Å². The van der Waals surface area contributed by atoms with Gasteiger partial charge >= 0.3 is 0 Å². The molecule has 0 bridgehead atoms. The normalized spacial score (nSPS) is 12.3. The third-order valence-electron chi connectivity index (χ3n) is 2.53. The van der Waals surface area contributed by atoms with E-state index in [0.717, 1.165) is 22.6 Å². The molecule has 0 amide bonds. The van der Waals surface area contributed by atoms with Gasteiger partial charge in [0.25, 0.3) is 0 Å². The van der Waals surface area contributed by atoms with E-state index in [1.807, 2.05) is 12.1 Å². The van der Waals surface area contributed by atoms with E-state index in [4.69, 9.17) is 14.2 Å². The van der Waals surface area contributed by atoms with Crippen molar-refractivity contribution in [2.24, 2.45) is 0 Å². The largest absolute Gasteiger partial charge is 0.497 e. The minimum absolute atomic E-state index is 0.423. The number of aliphatic hydroxyl groups is 1. The van der Waals surface area contributed by atoms with Crippen molar-refractivity contribution in [3.63, 3.8) is 0 Å². The Morgan fingerprint density at radius 3 is 2.35 bits per heavy atom. The molecule has 4 nitrogen and oxygen atoms in total. The fourth-order valence-electron chi connectivity index (χ4n) is 1.79. The van der Waals surface area contributed by atoms with E-state index < -0.39 is 6.10 Å². The van der Waals surface area contributed by atoms with Crippen LogP contribution in [0.1, 0.15) is 18.1 Å². The smallest absolute Gasteiger partial charge is 0.126 e. The van der Waals surface area contributed by atoms with Crippen LogP contribution in [0.5, 0.6) is 11.5 Å². The minimum atomic E-state index is -0.423. The zero-order chi connectivity index (χ0) is 12.8. The highest BCUT2D eigenvalue weighted by molar-refractivity contribution is 5.47. The van der Waals surface area contributed by atoms with Crippen molar-refractivity contribution in [3.05, 3.63) is 23.3 Å². The molecule has 0 saturated heterocycles. The Morgan fingerprint density at radius 1 is 1.18 bits per heavy atom. The molecule has 0 heterocycles. The molecule has 96 valence electrons. The lowest BCUT2D eigenvalue weighted by Crippen LogP contribution is -2.09. The second-order valence-corrected chi connectivity index (χ2v) is 3.95. The van der Waals surface area contributed by atoms with Crippen molar-refractivity contribution in [2.75, 3.05) is 21.3 Å². The molecule has 0 fully saturated rings. The summed E-state index contributed by atoms with van der Waals surface area (Å²) >= 11 is 0. The molecule has 1 aromatic rings. The van der Waals surface area contributed by atoms with Crippen LogP contribution in [0.3, 0.4) is 0 Å². The number of methoxy groups -OCH3 is 3. The predicted octanol–water partition coefficient (Wildman–Crippen LogP) is 1.77. The lowest BCUT2D eigenvalue weighted by molar-refractivity contribution is 0.177. The molecular formula is C13H20O4. The van der Waals surface area contributed by atoms with Crippen LogP contribution < -0.4 is 9.47 Å². The molecule has 1 aromatic carbocycles. The summed E-state index contributed by atoms with van der Waals surface area (Å²) in [6.45, 7) is 2.22. The molecule has 1 rings (SSSR count). The molecule has 1 unspecified atom stereocenters. The van der Waals surface area contributed by atoms with Crippen molar-refractivity contribution >= 4 is 0 Å². The number of benzene rings is 1. The van der Waals surface area contributed by atoms with E-state index in [0.29, 0.717) is 13.0 Å². The van der Waals surface area contributed by atoms with Gasteiger partial charge in [-0.15, -0.1) is 0 Å². The Hall–Kier alpha value is -1.26. The molecule has 0 aliphatic heterocycles. The topological polar surface area (TPSA) is 47.9 Å². The SMILES string of the molecule is COCc1cc(OC)cc(OC)c1CC(C)O. The number of hydrogen-bond donors (Lipinski definition) is 1. The first-order valence-corrected chi connectivity index (χ1v) is 5.53. The van der Waals surface area contributed by atoms with Crippen LogP contribution >= 0.6 is 0 Å². The Labute approximate surface area is 102 Å². The van der Waals surface area contributed by atoms with E-state index in [1.54, 1.807) is 28.3 Å². The van der Waals surface area contributed by atoms with Gasteiger partial charge in [0.05, 0.1) is 26.9 Å². The van der Waals surface area contributed by atoms with Gasteiger partial charge in [-0.3, -0.25) is 0 Å². The highest BCUT2D eigenvalue weighted by atomic mass is 16.5. The molecule has 4 heteroatoms. The first kappa shape index (κ1) is 13.8. The van der Waals surface area contributed by atoms with Crippen LogP contribution in [0.4, 0.5) is 0 Å². The van der Waals surface area contributed by atoms with Crippen LogP contribution in [0, 0.1) is 0 Å². The fourth-order valence-corrected chi connectivity index (χ4v) is 1.79. The lowest BCUT2D eigenvalue weighted by atomic mass is 10.0. The number of hydrogen-bond acceptors (Lipinski definition) is 4. The molecule has 0 spiro atoms. The molecule has 0 aromatic heterocycles. The summed E-state index contributed by atoms with van der Waals surface area (Å²) in [7, 11) is 4.86. The summed E-state index contributed by atoms with van der Waals surface area (Å²) in [4.78, 5) is 0. The summed E-state index contributed by atoms with van der Waals surface area (Å²) in [5, 5.41) is 9.52. The summed E-state index contributed by atoms with van der Waals surface area (Å²) < 4.78 is 15.7. The second kappa shape index (κ2) is 6.47. The maximum Gasteiger partial charge on any atom is 0.126 e. The van der Waals surface area contributed by atoms with Gasteiger partial charge < -0.3 is 19.3 Å². The second-order valence-electron chi connectivity index (χ2n) is 3.95. The molecule has 0 aliphatic rings. The molecular weight excluding hydrogens is 220 g/mol. The van der Waals surface area contributed by atoms with Gasteiger partial charge in [0.1, 0.15) is 11.5 Å². The van der Waals surface area contributed by atoms with Crippen LogP contribution in [0.2, 0.25) is 0 Å². The molecule has 17 heavy (non-hydrogen) atoms. The van der Waals surface area contributed by atoms with Crippen molar-refractivity contribution < 1.29 is 19.3 Å². The zero-order valence-corrected chi connectivity index (χ0v) is 10.8. The molecule has 0 radical (unpaired) electrons. The van der Waals surface area contributed by atoms with Crippen molar-refractivity contribution in [1.82, 2.24) is 0 Å². The monoisotopic (exact) mass is 240 g/mol. The van der Waals surface area contributed by atoms with Crippen molar-refractivity contribution in [3.8, 4) is 11.5 Å². The Kier molecular flexibility index (Phi) is 5.25. The minimum Gasteiger partial charge on any atom is -0.497 e. The van der Waals surface area contributed by atoms with Crippen LogP contribution in [-0.4, -0.2) is 32.5 Å². The average Bonchev–Trinajstić information content (AvgIpc) is 2.30. The maximum absolute atomic E-state index is 9.52. The highest BCUT2D eigenvalue weighted by Crippen LogP contribution is 2.30. The molecule has 1 atom stereocenters. The van der Waals surface area contributed by atoms with Gasteiger partial charge in [0.2, 0.25) is 0 Å². The first-order valence-electron chi connectivity index (χ1n) is 5.53. The lowest BCUT2D eigenvalue weighted by Gasteiger charge is -2.16. The zero-order valence-electron chi connectivity index (χ0n) is 10.8. The maximum atomic E-state index is 9.52. The van der Waals surface area contributed by atoms with E-state index in [9.17, 15) is 5.11 Å². The third-order valence-corrected chi connectivity index (χ3v) is 2.53.